The second-order valence-electron chi connectivity index (χ2n) is 8.56. The molecule has 0 fully saturated rings. The van der Waals surface area contributed by atoms with E-state index in [1.54, 1.807) is 12.1 Å². The molecule has 0 unspecified atom stereocenters. The van der Waals surface area contributed by atoms with Crippen molar-refractivity contribution in [3.8, 4) is 5.75 Å². The van der Waals surface area contributed by atoms with Gasteiger partial charge in [0.25, 0.3) is 5.69 Å². The number of para-hydroxylation sites is 1. The van der Waals surface area contributed by atoms with Crippen molar-refractivity contribution in [2.24, 2.45) is 0 Å². The molecule has 9 nitrogen and oxygen atoms in total. The highest BCUT2D eigenvalue weighted by Gasteiger charge is 2.14. The van der Waals surface area contributed by atoms with Crippen LogP contribution in [0.3, 0.4) is 0 Å². The quantitative estimate of drug-likeness (QED) is 0.118. The monoisotopic (exact) mass is 582 g/mol. The summed E-state index contributed by atoms with van der Waals surface area (Å²) in [6.45, 7) is 3.89. The minimum atomic E-state index is -0.430. The van der Waals surface area contributed by atoms with Gasteiger partial charge in [0.05, 0.1) is 33.8 Å². The molecule has 202 valence electrons. The van der Waals surface area contributed by atoms with Crippen LogP contribution in [0, 0.1) is 24.0 Å². The highest BCUT2D eigenvalue weighted by molar-refractivity contribution is 8.00. The smallest absolute Gasteiger partial charge is 0.270 e. The van der Waals surface area contributed by atoms with Crippen molar-refractivity contribution >= 4 is 74.0 Å². The molecule has 4 aromatic rings. The largest absolute Gasteiger partial charge is 0.496 e. The van der Waals surface area contributed by atoms with E-state index < -0.39 is 4.92 Å². The summed E-state index contributed by atoms with van der Waals surface area (Å²) in [5.74, 6) is 1.01. The van der Waals surface area contributed by atoms with Crippen LogP contribution < -0.4 is 15.4 Å². The van der Waals surface area contributed by atoms with E-state index in [0.29, 0.717) is 22.8 Å². The van der Waals surface area contributed by atoms with Gasteiger partial charge in [0, 0.05) is 34.8 Å². The number of nitrogens with one attached hydrogen (secondary N) is 2. The van der Waals surface area contributed by atoms with Gasteiger partial charge in [-0.25, -0.2) is 4.98 Å². The number of nitro benzene ring substituents is 1. The number of nitro groups is 1. The Labute approximate surface area is 237 Å². The average molecular weight is 583 g/mol. The van der Waals surface area contributed by atoms with Crippen molar-refractivity contribution in [3.63, 3.8) is 0 Å². The first-order chi connectivity index (χ1) is 18.7. The Morgan fingerprint density at radius 3 is 2.44 bits per heavy atom. The van der Waals surface area contributed by atoms with Gasteiger partial charge in [0.2, 0.25) is 11.8 Å². The van der Waals surface area contributed by atoms with Gasteiger partial charge in [-0.05, 0) is 49.2 Å². The lowest BCUT2D eigenvalue weighted by Crippen LogP contribution is -2.19. The number of carbonyl (C=O) groups excluding carboxylic acids is 2. The number of hydrogen-bond acceptors (Lipinski definition) is 9. The fourth-order valence-electron chi connectivity index (χ4n) is 3.79. The predicted octanol–water partition coefficient (Wildman–Crippen LogP) is 6.43. The molecule has 2 N–H and O–H groups in total. The Morgan fingerprint density at radius 1 is 1.03 bits per heavy atom. The van der Waals surface area contributed by atoms with Crippen LogP contribution in [0.15, 0.2) is 58.9 Å². The standard InChI is InChI=1S/C27H26N4O5S3/c1-16-5-4-6-17(2)26(16)30-25(33)15-37-14-24(32)28-19-7-9-21-23(12-19)39-27(29-21)38-13-18-11-20(31(34)35)8-10-22(18)36-3/h4-12H,13-15H2,1-3H3,(H,28,32)(H,30,33). The van der Waals surface area contributed by atoms with Crippen LogP contribution >= 0.6 is 34.9 Å². The summed E-state index contributed by atoms with van der Waals surface area (Å²) in [7, 11) is 1.53. The van der Waals surface area contributed by atoms with Crippen LogP contribution in [0.2, 0.25) is 0 Å². The number of aromatic nitrogens is 1. The molecule has 0 spiro atoms. The summed E-state index contributed by atoms with van der Waals surface area (Å²) in [6.07, 6.45) is 0. The highest BCUT2D eigenvalue weighted by atomic mass is 32.2. The summed E-state index contributed by atoms with van der Waals surface area (Å²) in [4.78, 5) is 40.1. The Hall–Kier alpha value is -3.61. The molecule has 0 aliphatic rings. The highest BCUT2D eigenvalue weighted by Crippen LogP contribution is 2.35. The first kappa shape index (κ1) is 28.4. The van der Waals surface area contributed by atoms with Crippen molar-refractivity contribution in [1.82, 2.24) is 4.98 Å². The van der Waals surface area contributed by atoms with Crippen molar-refractivity contribution in [2.75, 3.05) is 29.2 Å². The van der Waals surface area contributed by atoms with E-state index in [-0.39, 0.29) is 29.0 Å². The van der Waals surface area contributed by atoms with E-state index in [1.165, 1.54) is 54.1 Å². The molecule has 0 aliphatic heterocycles. The molecule has 12 heteroatoms. The summed E-state index contributed by atoms with van der Waals surface area (Å²) in [6, 6.07) is 15.8. The molecule has 0 bridgehead atoms. The number of nitrogens with zero attached hydrogens (tertiary/aromatic N) is 2. The van der Waals surface area contributed by atoms with Crippen LogP contribution in [-0.4, -0.2) is 40.3 Å². The number of ether oxygens (including phenoxy) is 1. The van der Waals surface area contributed by atoms with Crippen molar-refractivity contribution in [1.29, 1.82) is 0 Å². The molecule has 1 aromatic heterocycles. The van der Waals surface area contributed by atoms with E-state index in [0.717, 1.165) is 31.4 Å². The molecule has 0 atom stereocenters. The van der Waals surface area contributed by atoms with Crippen LogP contribution in [0.25, 0.3) is 10.2 Å². The fourth-order valence-corrected chi connectivity index (χ4v) is 6.50. The van der Waals surface area contributed by atoms with Gasteiger partial charge in [-0.15, -0.1) is 23.1 Å². The lowest BCUT2D eigenvalue weighted by molar-refractivity contribution is -0.384. The number of anilines is 2. The van der Waals surface area contributed by atoms with E-state index in [2.05, 4.69) is 15.6 Å². The molecule has 0 saturated heterocycles. The molecule has 3 aromatic carbocycles. The number of non-ortho nitro benzene ring substituents is 1. The van der Waals surface area contributed by atoms with Crippen LogP contribution in [0.1, 0.15) is 16.7 Å². The number of carbonyl (C=O) groups is 2. The summed E-state index contributed by atoms with van der Waals surface area (Å²) < 4.78 is 7.04. The molecular weight excluding hydrogens is 557 g/mol. The van der Waals surface area contributed by atoms with Crippen molar-refractivity contribution in [2.45, 2.75) is 23.9 Å². The summed E-state index contributed by atoms with van der Waals surface area (Å²) in [5, 5.41) is 16.9. The van der Waals surface area contributed by atoms with Crippen molar-refractivity contribution in [3.05, 3.63) is 81.4 Å². The molecule has 1 heterocycles. The van der Waals surface area contributed by atoms with Crippen LogP contribution in [-0.2, 0) is 15.3 Å². The molecule has 0 radical (unpaired) electrons. The third kappa shape index (κ3) is 7.49. The number of methoxy groups -OCH3 is 1. The number of hydrogen-bond donors (Lipinski definition) is 2. The third-order valence-corrected chi connectivity index (χ3v) is 8.83. The first-order valence-electron chi connectivity index (χ1n) is 11.8. The zero-order chi connectivity index (χ0) is 27.9. The Balaban J connectivity index is 1.30. The van der Waals surface area contributed by atoms with Gasteiger partial charge in [0.1, 0.15) is 5.75 Å². The molecule has 0 saturated carbocycles. The van der Waals surface area contributed by atoms with Crippen LogP contribution in [0.5, 0.6) is 5.75 Å². The molecule has 4 rings (SSSR count). The minimum Gasteiger partial charge on any atom is -0.496 e. The Bertz CT molecular complexity index is 1520. The zero-order valence-corrected chi connectivity index (χ0v) is 23.9. The normalized spacial score (nSPS) is 10.8. The number of aryl methyl sites for hydroxylation is 2. The lowest BCUT2D eigenvalue weighted by atomic mass is 10.1. The first-order valence-corrected chi connectivity index (χ1v) is 14.8. The average Bonchev–Trinajstić information content (AvgIpc) is 3.31. The second-order valence-corrected chi connectivity index (χ2v) is 11.8. The van der Waals surface area contributed by atoms with E-state index in [4.69, 9.17) is 4.74 Å². The van der Waals surface area contributed by atoms with Gasteiger partial charge in [0.15, 0.2) is 4.34 Å². The molecule has 39 heavy (non-hydrogen) atoms. The zero-order valence-electron chi connectivity index (χ0n) is 21.5. The number of thiazole rings is 1. The number of fused-ring (bicyclic) bond motifs is 1. The van der Waals surface area contributed by atoms with Gasteiger partial charge in [-0.2, -0.15) is 0 Å². The van der Waals surface area contributed by atoms with Crippen molar-refractivity contribution < 1.29 is 19.2 Å². The van der Waals surface area contributed by atoms with Gasteiger partial charge in [-0.1, -0.05) is 30.0 Å². The van der Waals surface area contributed by atoms with Gasteiger partial charge < -0.3 is 15.4 Å². The molecule has 0 aliphatic carbocycles. The number of amides is 2. The van der Waals surface area contributed by atoms with E-state index >= 15 is 0 Å². The second kappa shape index (κ2) is 13.0. The molecular formula is C27H26N4O5S3. The molecule has 2 amide bonds. The third-order valence-electron chi connectivity index (χ3n) is 5.69. The Kier molecular flexibility index (Phi) is 9.44. The maximum absolute atomic E-state index is 12.5. The topological polar surface area (TPSA) is 123 Å². The minimum absolute atomic E-state index is 0.0104. The fraction of sp³-hybridized carbons (Fsp3) is 0.222. The van der Waals surface area contributed by atoms with E-state index in [9.17, 15) is 19.7 Å². The number of rotatable bonds is 11. The summed E-state index contributed by atoms with van der Waals surface area (Å²) in [5.41, 5.74) is 4.97. The lowest BCUT2D eigenvalue weighted by Gasteiger charge is -2.11. The summed E-state index contributed by atoms with van der Waals surface area (Å²) >= 11 is 4.18. The van der Waals surface area contributed by atoms with Crippen LogP contribution in [0.4, 0.5) is 17.1 Å². The maximum Gasteiger partial charge on any atom is 0.270 e. The Morgan fingerprint density at radius 2 is 1.74 bits per heavy atom. The predicted molar refractivity (Wildman–Crippen MR) is 159 cm³/mol. The maximum atomic E-state index is 12.5. The number of benzene rings is 3. The number of thioether (sulfide) groups is 2. The SMILES string of the molecule is COc1ccc([N+](=O)[O-])cc1CSc1nc2ccc(NC(=O)CSCC(=O)Nc3c(C)cccc3C)cc2s1. The van der Waals surface area contributed by atoms with E-state index in [1.807, 2.05) is 44.2 Å². The van der Waals surface area contributed by atoms with Gasteiger partial charge >= 0.3 is 0 Å². The van der Waals surface area contributed by atoms with Gasteiger partial charge in [-0.3, -0.25) is 19.7 Å².